The SMILES string of the molecule is CC1CCN(N2CCCC2C)C1. The van der Waals surface area contributed by atoms with Crippen molar-refractivity contribution in [2.45, 2.75) is 39.2 Å². The molecule has 0 radical (unpaired) electrons. The van der Waals surface area contributed by atoms with Crippen LogP contribution in [-0.4, -0.2) is 35.7 Å². The van der Waals surface area contributed by atoms with Crippen molar-refractivity contribution in [2.24, 2.45) is 5.92 Å². The molecule has 70 valence electrons. The molecule has 2 heterocycles. The molecule has 12 heavy (non-hydrogen) atoms. The molecule has 2 heteroatoms. The van der Waals surface area contributed by atoms with Gasteiger partial charge in [0.2, 0.25) is 0 Å². The fourth-order valence-corrected chi connectivity index (χ4v) is 2.48. The fraction of sp³-hybridized carbons (Fsp3) is 1.00. The van der Waals surface area contributed by atoms with E-state index in [1.165, 1.54) is 38.9 Å². The standard InChI is InChI=1S/C10H20N2/c1-9-5-7-11(8-9)12-6-3-4-10(12)2/h9-10H,3-8H2,1-2H3. The van der Waals surface area contributed by atoms with Gasteiger partial charge in [0.1, 0.15) is 0 Å². The summed E-state index contributed by atoms with van der Waals surface area (Å²) in [5, 5.41) is 5.16. The molecule has 0 aromatic rings. The minimum absolute atomic E-state index is 0.801. The highest BCUT2D eigenvalue weighted by Gasteiger charge is 2.29. The first-order chi connectivity index (χ1) is 5.77. The number of nitrogens with zero attached hydrogens (tertiary/aromatic N) is 2. The van der Waals surface area contributed by atoms with E-state index >= 15 is 0 Å². The van der Waals surface area contributed by atoms with Crippen molar-refractivity contribution >= 4 is 0 Å². The van der Waals surface area contributed by atoms with E-state index in [0.29, 0.717) is 0 Å². The van der Waals surface area contributed by atoms with Gasteiger partial charge in [0, 0.05) is 25.7 Å². The van der Waals surface area contributed by atoms with Crippen LogP contribution in [0.2, 0.25) is 0 Å². The van der Waals surface area contributed by atoms with Crippen LogP contribution in [0.25, 0.3) is 0 Å². The molecule has 0 spiro atoms. The minimum atomic E-state index is 0.801. The highest BCUT2D eigenvalue weighted by molar-refractivity contribution is 4.78. The molecule has 2 rings (SSSR count). The third-order valence-corrected chi connectivity index (χ3v) is 3.28. The summed E-state index contributed by atoms with van der Waals surface area (Å²) < 4.78 is 0. The number of hydrogen-bond donors (Lipinski definition) is 0. The molecule has 0 aliphatic carbocycles. The average Bonchev–Trinajstić information content (AvgIpc) is 2.58. The quantitative estimate of drug-likeness (QED) is 0.588. The fourth-order valence-electron chi connectivity index (χ4n) is 2.48. The first-order valence-corrected chi connectivity index (χ1v) is 5.29. The molecule has 2 aliphatic rings. The Bertz CT molecular complexity index is 158. The van der Waals surface area contributed by atoms with Crippen molar-refractivity contribution in [2.75, 3.05) is 19.6 Å². The molecule has 2 unspecified atom stereocenters. The van der Waals surface area contributed by atoms with Gasteiger partial charge in [-0.2, -0.15) is 0 Å². The summed E-state index contributed by atoms with van der Waals surface area (Å²) in [4.78, 5) is 0. The summed E-state index contributed by atoms with van der Waals surface area (Å²) in [5.74, 6) is 0.915. The van der Waals surface area contributed by atoms with E-state index < -0.39 is 0 Å². The molecular weight excluding hydrogens is 148 g/mol. The maximum atomic E-state index is 2.59. The Hall–Kier alpha value is -0.0800. The van der Waals surface area contributed by atoms with Gasteiger partial charge in [0.15, 0.2) is 0 Å². The van der Waals surface area contributed by atoms with Crippen LogP contribution in [0.3, 0.4) is 0 Å². The second-order valence-corrected chi connectivity index (χ2v) is 4.46. The van der Waals surface area contributed by atoms with Gasteiger partial charge < -0.3 is 0 Å². The number of hydrogen-bond acceptors (Lipinski definition) is 2. The predicted octanol–water partition coefficient (Wildman–Crippen LogP) is 1.73. The summed E-state index contributed by atoms with van der Waals surface area (Å²) in [6.45, 7) is 8.61. The molecule has 0 aromatic carbocycles. The lowest BCUT2D eigenvalue weighted by molar-refractivity contribution is -0.0123. The van der Waals surface area contributed by atoms with E-state index in [2.05, 4.69) is 23.9 Å². The van der Waals surface area contributed by atoms with Crippen LogP contribution in [0.5, 0.6) is 0 Å². The first-order valence-electron chi connectivity index (χ1n) is 5.29. The predicted molar refractivity (Wildman–Crippen MR) is 50.8 cm³/mol. The molecule has 0 bridgehead atoms. The van der Waals surface area contributed by atoms with E-state index in [1.54, 1.807) is 0 Å². The lowest BCUT2D eigenvalue weighted by Gasteiger charge is -2.31. The Balaban J connectivity index is 1.91. The van der Waals surface area contributed by atoms with Gasteiger partial charge in [-0.3, -0.25) is 0 Å². The van der Waals surface area contributed by atoms with Crippen LogP contribution in [0, 0.1) is 5.92 Å². The van der Waals surface area contributed by atoms with Gasteiger partial charge in [-0.25, -0.2) is 10.0 Å². The van der Waals surface area contributed by atoms with Crippen molar-refractivity contribution in [3.8, 4) is 0 Å². The molecule has 0 saturated carbocycles. The molecular formula is C10H20N2. The molecule has 0 N–H and O–H groups in total. The summed E-state index contributed by atoms with van der Waals surface area (Å²) in [6.07, 6.45) is 4.18. The van der Waals surface area contributed by atoms with Gasteiger partial charge in [-0.05, 0) is 32.1 Å². The summed E-state index contributed by atoms with van der Waals surface area (Å²) in [5.41, 5.74) is 0. The number of rotatable bonds is 1. The molecule has 2 nitrogen and oxygen atoms in total. The van der Waals surface area contributed by atoms with Crippen LogP contribution in [0.1, 0.15) is 33.1 Å². The first kappa shape index (κ1) is 8.52. The lowest BCUT2D eigenvalue weighted by Crippen LogP contribution is -2.42. The van der Waals surface area contributed by atoms with E-state index in [4.69, 9.17) is 0 Å². The van der Waals surface area contributed by atoms with Crippen molar-refractivity contribution in [1.29, 1.82) is 0 Å². The van der Waals surface area contributed by atoms with Gasteiger partial charge in [-0.15, -0.1) is 0 Å². The van der Waals surface area contributed by atoms with Crippen molar-refractivity contribution in [3.63, 3.8) is 0 Å². The number of hydrazine groups is 1. The molecule has 2 atom stereocenters. The normalized spacial score (nSPS) is 39.5. The minimum Gasteiger partial charge on any atom is -0.241 e. The molecule has 2 fully saturated rings. The third kappa shape index (κ3) is 1.50. The Morgan fingerprint density at radius 2 is 1.92 bits per heavy atom. The van der Waals surface area contributed by atoms with Gasteiger partial charge in [0.25, 0.3) is 0 Å². The van der Waals surface area contributed by atoms with Crippen LogP contribution < -0.4 is 0 Å². The van der Waals surface area contributed by atoms with Crippen molar-refractivity contribution in [1.82, 2.24) is 10.0 Å². The zero-order valence-corrected chi connectivity index (χ0v) is 8.29. The second-order valence-electron chi connectivity index (χ2n) is 4.46. The smallest absolute Gasteiger partial charge is 0.0218 e. The molecule has 2 saturated heterocycles. The van der Waals surface area contributed by atoms with Crippen LogP contribution in [-0.2, 0) is 0 Å². The second kappa shape index (κ2) is 3.35. The van der Waals surface area contributed by atoms with E-state index in [0.717, 1.165) is 12.0 Å². The monoisotopic (exact) mass is 168 g/mol. The van der Waals surface area contributed by atoms with Crippen molar-refractivity contribution in [3.05, 3.63) is 0 Å². The zero-order chi connectivity index (χ0) is 8.55. The van der Waals surface area contributed by atoms with Crippen LogP contribution >= 0.6 is 0 Å². The highest BCUT2D eigenvalue weighted by Crippen LogP contribution is 2.24. The van der Waals surface area contributed by atoms with E-state index in [-0.39, 0.29) is 0 Å². The third-order valence-electron chi connectivity index (χ3n) is 3.28. The van der Waals surface area contributed by atoms with E-state index in [9.17, 15) is 0 Å². The van der Waals surface area contributed by atoms with Gasteiger partial charge >= 0.3 is 0 Å². The Morgan fingerprint density at radius 1 is 1.08 bits per heavy atom. The maximum Gasteiger partial charge on any atom is 0.0218 e. The molecule has 2 aliphatic heterocycles. The summed E-state index contributed by atoms with van der Waals surface area (Å²) in [7, 11) is 0. The average molecular weight is 168 g/mol. The Morgan fingerprint density at radius 3 is 2.42 bits per heavy atom. The lowest BCUT2D eigenvalue weighted by atomic mass is 10.2. The Kier molecular flexibility index (Phi) is 2.37. The zero-order valence-electron chi connectivity index (χ0n) is 8.29. The molecule has 0 amide bonds. The van der Waals surface area contributed by atoms with Gasteiger partial charge in [-0.1, -0.05) is 6.92 Å². The molecule has 0 aromatic heterocycles. The topological polar surface area (TPSA) is 6.48 Å². The van der Waals surface area contributed by atoms with Gasteiger partial charge in [0.05, 0.1) is 0 Å². The summed E-state index contributed by atoms with van der Waals surface area (Å²) in [6, 6.07) is 0.801. The Labute approximate surface area is 75.5 Å². The van der Waals surface area contributed by atoms with Crippen molar-refractivity contribution < 1.29 is 0 Å². The summed E-state index contributed by atoms with van der Waals surface area (Å²) >= 11 is 0. The van der Waals surface area contributed by atoms with Crippen LogP contribution in [0.4, 0.5) is 0 Å². The van der Waals surface area contributed by atoms with Crippen LogP contribution in [0.15, 0.2) is 0 Å². The van der Waals surface area contributed by atoms with E-state index in [1.807, 2.05) is 0 Å². The maximum absolute atomic E-state index is 2.59. The largest absolute Gasteiger partial charge is 0.241 e. The highest BCUT2D eigenvalue weighted by atomic mass is 15.6.